The van der Waals surface area contributed by atoms with Gasteiger partial charge in [-0.3, -0.25) is 10.1 Å². The molecule has 3 aromatic heterocycles. The van der Waals surface area contributed by atoms with E-state index >= 15 is 0 Å². The van der Waals surface area contributed by atoms with Gasteiger partial charge in [0.05, 0.1) is 11.9 Å². The van der Waals surface area contributed by atoms with E-state index in [0.29, 0.717) is 0 Å². The van der Waals surface area contributed by atoms with Crippen LogP contribution in [0.1, 0.15) is 16.8 Å². The van der Waals surface area contributed by atoms with E-state index in [2.05, 4.69) is 32.4 Å². The topological polar surface area (TPSA) is 82.6 Å². The van der Waals surface area contributed by atoms with E-state index in [0.717, 1.165) is 61.8 Å². The number of H-pyrrole nitrogens is 1. The lowest BCUT2D eigenvalue weighted by atomic mass is 10.1. The van der Waals surface area contributed by atoms with Gasteiger partial charge in [0.2, 0.25) is 0 Å². The lowest BCUT2D eigenvalue weighted by Gasteiger charge is -2.23. The summed E-state index contributed by atoms with van der Waals surface area (Å²) in [6.45, 7) is 2.80. The summed E-state index contributed by atoms with van der Waals surface area (Å²) in [6.07, 6.45) is 10.2. The molecule has 0 fully saturated rings. The maximum Gasteiger partial charge on any atom is 0.161 e. The molecular weight excluding hydrogens is 362 g/mol. The number of hydrogen-bond donors (Lipinski definition) is 2. The summed E-state index contributed by atoms with van der Waals surface area (Å²) in [4.78, 5) is 16.2. The highest BCUT2D eigenvalue weighted by Gasteiger charge is 2.19. The molecule has 0 spiro atoms. The molecule has 0 aliphatic carbocycles. The number of rotatable bonds is 5. The van der Waals surface area contributed by atoms with Crippen molar-refractivity contribution in [3.63, 3.8) is 0 Å². The summed E-state index contributed by atoms with van der Waals surface area (Å²) < 4.78 is 0. The van der Waals surface area contributed by atoms with E-state index in [4.69, 9.17) is 9.97 Å². The normalized spacial score (nSPS) is 13.4. The van der Waals surface area contributed by atoms with Crippen molar-refractivity contribution in [3.05, 3.63) is 53.7 Å². The van der Waals surface area contributed by atoms with Crippen LogP contribution >= 0.6 is 12.4 Å². The van der Waals surface area contributed by atoms with Gasteiger partial charge in [0, 0.05) is 56.3 Å². The molecule has 1 aliphatic heterocycles. The number of aromatic amines is 1. The van der Waals surface area contributed by atoms with Crippen LogP contribution in [-0.2, 0) is 19.3 Å². The molecule has 0 radical (unpaired) electrons. The van der Waals surface area contributed by atoms with Crippen LogP contribution in [0.5, 0.6) is 0 Å². The summed E-state index contributed by atoms with van der Waals surface area (Å²) in [5.74, 6) is 1.81. The molecule has 0 amide bonds. The van der Waals surface area contributed by atoms with E-state index in [-0.39, 0.29) is 12.4 Å². The molecule has 7 nitrogen and oxygen atoms in total. The van der Waals surface area contributed by atoms with Gasteiger partial charge in [-0.1, -0.05) is 0 Å². The fraction of sp³-hybridized carbons (Fsp3) is 0.368. The molecule has 4 heterocycles. The molecule has 0 saturated heterocycles. The molecule has 27 heavy (non-hydrogen) atoms. The van der Waals surface area contributed by atoms with Crippen LogP contribution in [0.15, 0.2) is 36.9 Å². The second kappa shape index (κ2) is 8.92. The number of likely N-dealkylation sites (N-methyl/N-ethyl adjacent to an activating group) is 1. The molecule has 1 aliphatic rings. The number of anilines is 1. The zero-order valence-corrected chi connectivity index (χ0v) is 16.2. The Morgan fingerprint density at radius 3 is 2.70 bits per heavy atom. The van der Waals surface area contributed by atoms with E-state index in [1.165, 1.54) is 11.1 Å². The van der Waals surface area contributed by atoms with Crippen LogP contribution in [0.25, 0.3) is 11.4 Å². The van der Waals surface area contributed by atoms with Crippen molar-refractivity contribution in [1.29, 1.82) is 0 Å². The Hall–Kier alpha value is -2.51. The van der Waals surface area contributed by atoms with Gasteiger partial charge in [0.15, 0.2) is 5.82 Å². The first-order valence-corrected chi connectivity index (χ1v) is 9.01. The predicted molar refractivity (Wildman–Crippen MR) is 108 cm³/mol. The minimum atomic E-state index is 0. The first kappa shape index (κ1) is 19.3. The second-order valence-electron chi connectivity index (χ2n) is 6.56. The summed E-state index contributed by atoms with van der Waals surface area (Å²) in [6, 6.07) is 3.93. The summed E-state index contributed by atoms with van der Waals surface area (Å²) in [7, 11) is 2.11. The van der Waals surface area contributed by atoms with Crippen molar-refractivity contribution in [2.45, 2.75) is 19.3 Å². The number of nitrogens with zero attached hydrogens (tertiary/aromatic N) is 5. The Kier molecular flexibility index (Phi) is 6.36. The average molecular weight is 386 g/mol. The third kappa shape index (κ3) is 4.43. The number of halogens is 1. The monoisotopic (exact) mass is 385 g/mol. The largest absolute Gasteiger partial charge is 0.359 e. The zero-order chi connectivity index (χ0) is 17.8. The Labute approximate surface area is 165 Å². The van der Waals surface area contributed by atoms with Crippen molar-refractivity contribution >= 4 is 18.2 Å². The molecular formula is C19H24ClN7. The number of aromatic nitrogens is 5. The molecule has 0 saturated carbocycles. The molecule has 4 rings (SSSR count). The van der Waals surface area contributed by atoms with Crippen LogP contribution in [-0.4, -0.2) is 51.8 Å². The van der Waals surface area contributed by atoms with Crippen molar-refractivity contribution in [3.8, 4) is 11.4 Å². The van der Waals surface area contributed by atoms with Gasteiger partial charge in [-0.2, -0.15) is 5.10 Å². The van der Waals surface area contributed by atoms with Crippen LogP contribution < -0.4 is 10.2 Å². The fourth-order valence-electron chi connectivity index (χ4n) is 3.29. The van der Waals surface area contributed by atoms with Crippen molar-refractivity contribution < 1.29 is 0 Å². The van der Waals surface area contributed by atoms with Crippen LogP contribution in [0.3, 0.4) is 0 Å². The zero-order valence-electron chi connectivity index (χ0n) is 15.4. The third-order valence-corrected chi connectivity index (χ3v) is 4.75. The Bertz CT molecular complexity index is 852. The minimum absolute atomic E-state index is 0. The molecule has 0 bridgehead atoms. The summed E-state index contributed by atoms with van der Waals surface area (Å²) >= 11 is 0. The van der Waals surface area contributed by atoms with Gasteiger partial charge in [-0.05, 0) is 37.1 Å². The van der Waals surface area contributed by atoms with Gasteiger partial charge in [0.1, 0.15) is 5.82 Å². The van der Waals surface area contributed by atoms with Gasteiger partial charge in [0.25, 0.3) is 0 Å². The quantitative estimate of drug-likeness (QED) is 0.699. The molecule has 0 atom stereocenters. The van der Waals surface area contributed by atoms with E-state index < -0.39 is 0 Å². The number of fused-ring (bicyclic) bond motifs is 1. The van der Waals surface area contributed by atoms with Crippen LogP contribution in [0, 0.1) is 0 Å². The standard InChI is InChI=1S/C19H23N7.ClH/c1-26(11-6-14-12-22-23-13-14)19-16-4-9-21-10-5-17(16)24-18(25-19)15-2-7-20-8-3-15;/h2-3,7-8,12-13,21H,4-6,9-11H2,1H3,(H,22,23);1H. The number of hydrogen-bond acceptors (Lipinski definition) is 6. The van der Waals surface area contributed by atoms with Crippen LogP contribution in [0.4, 0.5) is 5.82 Å². The average Bonchev–Trinajstić information content (AvgIpc) is 3.09. The van der Waals surface area contributed by atoms with Gasteiger partial charge in [-0.15, -0.1) is 12.4 Å². The van der Waals surface area contributed by atoms with Crippen molar-refractivity contribution in [1.82, 2.24) is 30.5 Å². The molecule has 3 aromatic rings. The Morgan fingerprint density at radius 1 is 1.11 bits per heavy atom. The molecule has 2 N–H and O–H groups in total. The lowest BCUT2D eigenvalue weighted by Crippen LogP contribution is -2.24. The van der Waals surface area contributed by atoms with E-state index in [1.54, 1.807) is 12.4 Å². The first-order valence-electron chi connectivity index (χ1n) is 9.01. The molecule has 142 valence electrons. The smallest absolute Gasteiger partial charge is 0.161 e. The fourth-order valence-corrected chi connectivity index (χ4v) is 3.29. The Balaban J connectivity index is 0.00000210. The predicted octanol–water partition coefficient (Wildman–Crippen LogP) is 2.05. The van der Waals surface area contributed by atoms with Crippen molar-refractivity contribution in [2.24, 2.45) is 0 Å². The third-order valence-electron chi connectivity index (χ3n) is 4.75. The van der Waals surface area contributed by atoms with E-state index in [1.807, 2.05) is 24.5 Å². The van der Waals surface area contributed by atoms with Gasteiger partial charge >= 0.3 is 0 Å². The first-order chi connectivity index (χ1) is 12.8. The van der Waals surface area contributed by atoms with Gasteiger partial charge < -0.3 is 10.2 Å². The molecule has 0 aromatic carbocycles. The maximum atomic E-state index is 4.93. The number of pyridine rings is 1. The Morgan fingerprint density at radius 2 is 1.93 bits per heavy atom. The SMILES string of the molecule is CN(CCc1cn[nH]c1)c1nc(-c2ccncc2)nc2c1CCNCC2.Cl. The molecule has 0 unspecified atom stereocenters. The minimum Gasteiger partial charge on any atom is -0.359 e. The highest BCUT2D eigenvalue weighted by molar-refractivity contribution is 5.85. The highest BCUT2D eigenvalue weighted by atomic mass is 35.5. The maximum absolute atomic E-state index is 4.93. The second-order valence-corrected chi connectivity index (χ2v) is 6.56. The highest BCUT2D eigenvalue weighted by Crippen LogP contribution is 2.26. The van der Waals surface area contributed by atoms with E-state index in [9.17, 15) is 0 Å². The summed E-state index contributed by atoms with van der Waals surface area (Å²) in [5.41, 5.74) is 4.63. The molecule has 8 heteroatoms. The van der Waals surface area contributed by atoms with Crippen molar-refractivity contribution in [2.75, 3.05) is 31.6 Å². The van der Waals surface area contributed by atoms with Gasteiger partial charge in [-0.25, -0.2) is 9.97 Å². The van der Waals surface area contributed by atoms with Crippen LogP contribution in [0.2, 0.25) is 0 Å². The lowest BCUT2D eigenvalue weighted by molar-refractivity contribution is 0.708. The number of nitrogens with one attached hydrogen (secondary N) is 2. The summed E-state index contributed by atoms with van der Waals surface area (Å²) in [5, 5.41) is 10.4.